The zero-order valence-electron chi connectivity index (χ0n) is 10.7. The molecule has 0 saturated heterocycles. The maximum atomic E-state index is 10.8. The Balaban J connectivity index is 2.00. The van der Waals surface area contributed by atoms with Gasteiger partial charge in [-0.15, -0.1) is 0 Å². The highest BCUT2D eigenvalue weighted by Crippen LogP contribution is 2.32. The molecule has 0 bridgehead atoms. The van der Waals surface area contributed by atoms with Crippen LogP contribution in [0.4, 0.5) is 4.79 Å². The number of allylic oxidation sites excluding steroid dienone is 1. The fourth-order valence-electron chi connectivity index (χ4n) is 1.45. The molecule has 6 nitrogen and oxygen atoms in total. The van der Waals surface area contributed by atoms with Crippen LogP contribution in [0.3, 0.4) is 0 Å². The number of nitrogens with zero attached hydrogens (tertiary/aromatic N) is 1. The molecule has 1 aromatic carbocycles. The van der Waals surface area contributed by atoms with Crippen molar-refractivity contribution in [3.05, 3.63) is 29.8 Å². The quantitative estimate of drug-likeness (QED) is 0.669. The number of hydrogen-bond acceptors (Lipinski definition) is 5. The van der Waals surface area contributed by atoms with E-state index in [4.69, 9.17) is 9.47 Å². The van der Waals surface area contributed by atoms with Crippen LogP contribution in [0.2, 0.25) is 0 Å². The Kier molecular flexibility index (Phi) is 4.02. The zero-order valence-corrected chi connectivity index (χ0v) is 10.7. The first-order valence-electron chi connectivity index (χ1n) is 5.65. The van der Waals surface area contributed by atoms with Crippen molar-refractivity contribution in [3.8, 4) is 11.5 Å². The summed E-state index contributed by atoms with van der Waals surface area (Å²) in [5.74, 6) is 1.47. The van der Waals surface area contributed by atoms with Gasteiger partial charge in [-0.05, 0) is 30.7 Å². The summed E-state index contributed by atoms with van der Waals surface area (Å²) in [5, 5.41) is 3.83. The molecule has 19 heavy (non-hydrogen) atoms. The predicted octanol–water partition coefficient (Wildman–Crippen LogP) is 2.16. The van der Waals surface area contributed by atoms with Crippen LogP contribution in [0, 0.1) is 0 Å². The first kappa shape index (κ1) is 12.9. The molecule has 1 amide bonds. The number of hydrogen-bond donors (Lipinski definition) is 1. The van der Waals surface area contributed by atoms with E-state index in [2.05, 4.69) is 15.3 Å². The first-order valence-corrected chi connectivity index (χ1v) is 5.65. The molecule has 1 aliphatic heterocycles. The average molecular weight is 262 g/mol. The van der Waals surface area contributed by atoms with Gasteiger partial charge < -0.3 is 14.2 Å². The molecule has 6 heteroatoms. The van der Waals surface area contributed by atoms with E-state index in [1.54, 1.807) is 13.0 Å². The predicted molar refractivity (Wildman–Crippen MR) is 70.2 cm³/mol. The smallest absolute Gasteiger partial charge is 0.427 e. The van der Waals surface area contributed by atoms with Crippen molar-refractivity contribution in [2.45, 2.75) is 6.92 Å². The van der Waals surface area contributed by atoms with Gasteiger partial charge in [-0.3, -0.25) is 0 Å². The van der Waals surface area contributed by atoms with Crippen LogP contribution >= 0.6 is 0 Å². The van der Waals surface area contributed by atoms with Crippen molar-refractivity contribution in [2.24, 2.45) is 5.10 Å². The second-order valence-electron chi connectivity index (χ2n) is 3.80. The van der Waals surface area contributed by atoms with Crippen molar-refractivity contribution in [2.75, 3.05) is 13.9 Å². The van der Waals surface area contributed by atoms with E-state index in [-0.39, 0.29) is 6.79 Å². The molecule has 0 fully saturated rings. The van der Waals surface area contributed by atoms with E-state index in [1.165, 1.54) is 7.11 Å². The summed E-state index contributed by atoms with van der Waals surface area (Å²) >= 11 is 0. The summed E-state index contributed by atoms with van der Waals surface area (Å²) in [4.78, 5) is 10.8. The minimum atomic E-state index is -0.601. The second-order valence-corrected chi connectivity index (χ2v) is 3.80. The van der Waals surface area contributed by atoms with E-state index in [9.17, 15) is 4.79 Å². The standard InChI is InChI=1S/C13H14N2O4/c1-9(14-15-13(16)17-2)3-4-10-5-6-11-12(7-10)19-8-18-11/h3-7H,8H2,1-2H3,(H,15,16)/b4-3-,14-9?. The van der Waals surface area contributed by atoms with E-state index < -0.39 is 6.09 Å². The van der Waals surface area contributed by atoms with Gasteiger partial charge in [0.05, 0.1) is 12.8 Å². The molecule has 0 spiro atoms. The van der Waals surface area contributed by atoms with Gasteiger partial charge in [-0.25, -0.2) is 10.2 Å². The Hall–Kier alpha value is -2.50. The van der Waals surface area contributed by atoms with E-state index >= 15 is 0 Å². The number of carbonyl (C=O) groups excluding carboxylic acids is 1. The molecule has 2 rings (SSSR count). The van der Waals surface area contributed by atoms with E-state index in [0.717, 1.165) is 17.1 Å². The normalized spacial score (nSPS) is 13.7. The summed E-state index contributed by atoms with van der Waals surface area (Å²) < 4.78 is 14.9. The lowest BCUT2D eigenvalue weighted by atomic mass is 10.2. The molecule has 1 aromatic rings. The third kappa shape index (κ3) is 3.48. The fraction of sp³-hybridized carbons (Fsp3) is 0.231. The Morgan fingerprint density at radius 3 is 3.00 bits per heavy atom. The first-order chi connectivity index (χ1) is 9.19. The highest BCUT2D eigenvalue weighted by atomic mass is 16.7. The Bertz CT molecular complexity index is 537. The van der Waals surface area contributed by atoms with Crippen molar-refractivity contribution >= 4 is 17.9 Å². The van der Waals surface area contributed by atoms with Gasteiger partial charge in [0.15, 0.2) is 11.5 Å². The maximum Gasteiger partial charge on any atom is 0.427 e. The average Bonchev–Trinajstić information content (AvgIpc) is 2.89. The Morgan fingerprint density at radius 1 is 1.42 bits per heavy atom. The monoisotopic (exact) mass is 262 g/mol. The lowest BCUT2D eigenvalue weighted by Crippen LogP contribution is -2.17. The van der Waals surface area contributed by atoms with Crippen LogP contribution in [0.15, 0.2) is 29.4 Å². The van der Waals surface area contributed by atoms with Crippen LogP contribution in [0.5, 0.6) is 11.5 Å². The summed E-state index contributed by atoms with van der Waals surface area (Å²) in [6.07, 6.45) is 3.03. The minimum Gasteiger partial charge on any atom is -0.454 e. The molecule has 0 saturated carbocycles. The summed E-state index contributed by atoms with van der Waals surface area (Å²) in [6.45, 7) is 2.02. The van der Waals surface area contributed by atoms with Crippen molar-refractivity contribution in [1.82, 2.24) is 5.43 Å². The number of nitrogens with one attached hydrogen (secondary N) is 1. The summed E-state index contributed by atoms with van der Waals surface area (Å²) in [7, 11) is 1.28. The largest absolute Gasteiger partial charge is 0.454 e. The highest BCUT2D eigenvalue weighted by Gasteiger charge is 2.11. The number of ether oxygens (including phenoxy) is 3. The number of carbonyl (C=O) groups is 1. The van der Waals surface area contributed by atoms with Crippen LogP contribution in [-0.2, 0) is 4.74 Å². The van der Waals surface area contributed by atoms with Crippen molar-refractivity contribution in [3.63, 3.8) is 0 Å². The molecule has 0 unspecified atom stereocenters. The maximum absolute atomic E-state index is 10.8. The van der Waals surface area contributed by atoms with E-state index in [1.807, 2.05) is 24.3 Å². The molecule has 1 heterocycles. The van der Waals surface area contributed by atoms with Gasteiger partial charge in [-0.2, -0.15) is 5.10 Å². The molecular weight excluding hydrogens is 248 g/mol. The fourth-order valence-corrected chi connectivity index (χ4v) is 1.45. The Morgan fingerprint density at radius 2 is 2.21 bits per heavy atom. The molecule has 1 N–H and O–H groups in total. The lowest BCUT2D eigenvalue weighted by molar-refractivity contribution is 0.171. The third-order valence-corrected chi connectivity index (χ3v) is 2.42. The molecule has 0 aromatic heterocycles. The lowest BCUT2D eigenvalue weighted by Gasteiger charge is -1.98. The van der Waals surface area contributed by atoms with Gasteiger partial charge in [-0.1, -0.05) is 12.1 Å². The van der Waals surface area contributed by atoms with Gasteiger partial charge in [0.2, 0.25) is 6.79 Å². The molecule has 0 radical (unpaired) electrons. The second kappa shape index (κ2) is 5.90. The number of methoxy groups -OCH3 is 1. The van der Waals surface area contributed by atoms with E-state index in [0.29, 0.717) is 5.71 Å². The molecule has 100 valence electrons. The van der Waals surface area contributed by atoms with Gasteiger partial charge >= 0.3 is 6.09 Å². The highest BCUT2D eigenvalue weighted by molar-refractivity contribution is 5.96. The molecule has 0 atom stereocenters. The van der Waals surface area contributed by atoms with Gasteiger partial charge in [0.25, 0.3) is 0 Å². The molecule has 0 aliphatic carbocycles. The zero-order chi connectivity index (χ0) is 13.7. The van der Waals surface area contributed by atoms with Crippen LogP contribution < -0.4 is 14.9 Å². The van der Waals surface area contributed by atoms with Crippen LogP contribution in [-0.4, -0.2) is 25.7 Å². The Labute approximate surface area is 110 Å². The number of hydrazone groups is 1. The van der Waals surface area contributed by atoms with Crippen LogP contribution in [0.25, 0.3) is 6.08 Å². The number of benzene rings is 1. The SMILES string of the molecule is COC(=O)NN=C(C)/C=C\c1ccc2c(c1)OCO2. The summed E-state index contributed by atoms with van der Waals surface area (Å²) in [6, 6.07) is 5.63. The van der Waals surface area contributed by atoms with Crippen LogP contribution in [0.1, 0.15) is 12.5 Å². The van der Waals surface area contributed by atoms with Crippen molar-refractivity contribution < 1.29 is 19.0 Å². The number of amides is 1. The number of fused-ring (bicyclic) bond motifs is 1. The number of rotatable bonds is 3. The van der Waals surface area contributed by atoms with Crippen molar-refractivity contribution in [1.29, 1.82) is 0 Å². The molecule has 1 aliphatic rings. The molecular formula is C13H14N2O4. The topological polar surface area (TPSA) is 69.2 Å². The third-order valence-electron chi connectivity index (χ3n) is 2.42. The minimum absolute atomic E-state index is 0.256. The summed E-state index contributed by atoms with van der Waals surface area (Å²) in [5.41, 5.74) is 3.84. The van der Waals surface area contributed by atoms with Gasteiger partial charge in [0, 0.05) is 0 Å². The van der Waals surface area contributed by atoms with Gasteiger partial charge in [0.1, 0.15) is 0 Å².